The van der Waals surface area contributed by atoms with Crippen LogP contribution in [0.5, 0.6) is 0 Å². The van der Waals surface area contributed by atoms with Gasteiger partial charge in [0.15, 0.2) is 5.58 Å². The van der Waals surface area contributed by atoms with Crippen LogP contribution in [0.3, 0.4) is 0 Å². The van der Waals surface area contributed by atoms with E-state index in [-0.39, 0.29) is 5.91 Å². The lowest BCUT2D eigenvalue weighted by Gasteiger charge is -2.11. The first-order chi connectivity index (χ1) is 10.5. The first-order valence-electron chi connectivity index (χ1n) is 6.99. The molecule has 0 saturated carbocycles. The maximum Gasteiger partial charge on any atom is 0.227 e. The fraction of sp³-hybridized carbons (Fsp3) is 0.176. The Balaban J connectivity index is 1.95. The van der Waals surface area contributed by atoms with Crippen molar-refractivity contribution in [3.63, 3.8) is 0 Å². The largest absolute Gasteiger partial charge is 0.436 e. The third kappa shape index (κ3) is 2.79. The van der Waals surface area contributed by atoms with Gasteiger partial charge in [-0.05, 0) is 42.5 Å². The van der Waals surface area contributed by atoms with Crippen LogP contribution in [0.25, 0.3) is 22.6 Å². The second kappa shape index (κ2) is 5.52. The van der Waals surface area contributed by atoms with E-state index in [1.54, 1.807) is 12.1 Å². The van der Waals surface area contributed by atoms with E-state index in [2.05, 4.69) is 10.3 Å². The lowest BCUT2D eigenvalue weighted by molar-refractivity contribution is -0.114. The Bertz CT molecular complexity index is 820. The van der Waals surface area contributed by atoms with Crippen molar-refractivity contribution < 1.29 is 9.21 Å². The van der Waals surface area contributed by atoms with Crippen molar-refractivity contribution in [2.45, 2.75) is 6.92 Å². The van der Waals surface area contributed by atoms with Crippen LogP contribution in [0.2, 0.25) is 0 Å². The highest BCUT2D eigenvalue weighted by atomic mass is 16.3. The van der Waals surface area contributed by atoms with Crippen molar-refractivity contribution in [1.82, 2.24) is 4.98 Å². The summed E-state index contributed by atoms with van der Waals surface area (Å²) in [5.41, 5.74) is 4.16. The number of rotatable bonds is 3. The van der Waals surface area contributed by atoms with Gasteiger partial charge in [-0.2, -0.15) is 0 Å². The van der Waals surface area contributed by atoms with Crippen LogP contribution in [0, 0.1) is 0 Å². The third-order valence-electron chi connectivity index (χ3n) is 3.34. The molecule has 3 rings (SSSR count). The van der Waals surface area contributed by atoms with Crippen LogP contribution in [0.4, 0.5) is 11.4 Å². The number of hydrogen-bond acceptors (Lipinski definition) is 4. The standard InChI is InChI=1S/C17H17N3O2/c1-11(21)18-13-6-9-16-15(10-13)19-17(22-16)12-4-7-14(8-5-12)20(2)3/h4-10H,1-3H3,(H,18,21). The number of nitrogens with zero attached hydrogens (tertiary/aromatic N) is 2. The number of hydrogen-bond donors (Lipinski definition) is 1. The predicted molar refractivity (Wildman–Crippen MR) is 88.1 cm³/mol. The molecule has 0 unspecified atom stereocenters. The van der Waals surface area contributed by atoms with Crippen molar-refractivity contribution in [2.24, 2.45) is 0 Å². The summed E-state index contributed by atoms with van der Waals surface area (Å²) in [5, 5.41) is 2.74. The number of amides is 1. The minimum absolute atomic E-state index is 0.109. The number of oxazole rings is 1. The molecule has 0 atom stereocenters. The summed E-state index contributed by atoms with van der Waals surface area (Å²) in [4.78, 5) is 17.6. The number of carbonyl (C=O) groups excluding carboxylic acids is 1. The first kappa shape index (κ1) is 14.1. The van der Waals surface area contributed by atoms with Gasteiger partial charge in [0.05, 0.1) is 0 Å². The second-order valence-electron chi connectivity index (χ2n) is 5.32. The molecule has 0 fully saturated rings. The van der Waals surface area contributed by atoms with E-state index in [1.807, 2.05) is 49.3 Å². The van der Waals surface area contributed by atoms with Gasteiger partial charge in [0.2, 0.25) is 11.8 Å². The van der Waals surface area contributed by atoms with Crippen molar-refractivity contribution in [3.05, 3.63) is 42.5 Å². The zero-order chi connectivity index (χ0) is 15.7. The fourth-order valence-electron chi connectivity index (χ4n) is 2.23. The minimum atomic E-state index is -0.109. The van der Waals surface area contributed by atoms with E-state index >= 15 is 0 Å². The lowest BCUT2D eigenvalue weighted by Crippen LogP contribution is -2.07. The van der Waals surface area contributed by atoms with Crippen LogP contribution in [0.1, 0.15) is 6.92 Å². The molecule has 0 aliphatic heterocycles. The highest BCUT2D eigenvalue weighted by Gasteiger charge is 2.09. The van der Waals surface area contributed by atoms with Crippen molar-refractivity contribution in [3.8, 4) is 11.5 Å². The molecule has 1 aromatic heterocycles. The summed E-state index contributed by atoms with van der Waals surface area (Å²) < 4.78 is 5.78. The summed E-state index contributed by atoms with van der Waals surface area (Å²) >= 11 is 0. The van der Waals surface area contributed by atoms with Crippen molar-refractivity contribution in [2.75, 3.05) is 24.3 Å². The third-order valence-corrected chi connectivity index (χ3v) is 3.34. The predicted octanol–water partition coefficient (Wildman–Crippen LogP) is 3.52. The molecule has 0 aliphatic rings. The van der Waals surface area contributed by atoms with E-state index in [0.29, 0.717) is 17.2 Å². The van der Waals surface area contributed by atoms with Crippen LogP contribution in [0.15, 0.2) is 46.9 Å². The summed E-state index contributed by atoms with van der Waals surface area (Å²) in [6, 6.07) is 13.4. The Morgan fingerprint density at radius 3 is 2.50 bits per heavy atom. The van der Waals surface area contributed by atoms with Gasteiger partial charge in [-0.25, -0.2) is 4.98 Å². The number of aromatic nitrogens is 1. The molecule has 0 spiro atoms. The maximum absolute atomic E-state index is 11.1. The lowest BCUT2D eigenvalue weighted by atomic mass is 10.2. The highest BCUT2D eigenvalue weighted by Crippen LogP contribution is 2.27. The molecule has 0 radical (unpaired) electrons. The molecule has 2 aromatic carbocycles. The van der Waals surface area contributed by atoms with Crippen LogP contribution >= 0.6 is 0 Å². The zero-order valence-corrected chi connectivity index (χ0v) is 12.8. The SMILES string of the molecule is CC(=O)Nc1ccc2oc(-c3ccc(N(C)C)cc3)nc2c1. The Morgan fingerprint density at radius 2 is 1.86 bits per heavy atom. The van der Waals surface area contributed by atoms with Gasteiger partial charge >= 0.3 is 0 Å². The molecule has 5 nitrogen and oxygen atoms in total. The molecular weight excluding hydrogens is 278 g/mol. The Kier molecular flexibility index (Phi) is 3.55. The molecule has 5 heteroatoms. The van der Waals surface area contributed by atoms with Crippen LogP contribution < -0.4 is 10.2 Å². The molecule has 0 saturated heterocycles. The van der Waals surface area contributed by atoms with Gasteiger partial charge in [0.25, 0.3) is 0 Å². The average Bonchev–Trinajstić information content (AvgIpc) is 2.90. The molecule has 3 aromatic rings. The number of carbonyl (C=O) groups is 1. The molecule has 1 amide bonds. The Hall–Kier alpha value is -2.82. The summed E-state index contributed by atoms with van der Waals surface area (Å²) in [5.74, 6) is 0.461. The summed E-state index contributed by atoms with van der Waals surface area (Å²) in [6.45, 7) is 1.48. The second-order valence-corrected chi connectivity index (χ2v) is 5.32. The van der Waals surface area contributed by atoms with E-state index < -0.39 is 0 Å². The van der Waals surface area contributed by atoms with E-state index in [9.17, 15) is 4.79 Å². The molecule has 1 heterocycles. The Labute approximate surface area is 128 Å². The number of nitrogens with one attached hydrogen (secondary N) is 1. The summed E-state index contributed by atoms with van der Waals surface area (Å²) in [6.07, 6.45) is 0. The molecule has 22 heavy (non-hydrogen) atoms. The molecule has 112 valence electrons. The van der Waals surface area contributed by atoms with Crippen molar-refractivity contribution >= 4 is 28.4 Å². The molecule has 0 bridgehead atoms. The van der Waals surface area contributed by atoms with E-state index in [4.69, 9.17) is 4.42 Å². The van der Waals surface area contributed by atoms with Gasteiger partial charge in [-0.15, -0.1) is 0 Å². The number of anilines is 2. The molecular formula is C17H17N3O2. The van der Waals surface area contributed by atoms with Gasteiger partial charge < -0.3 is 14.6 Å². The van der Waals surface area contributed by atoms with Gasteiger partial charge in [0.1, 0.15) is 5.52 Å². The van der Waals surface area contributed by atoms with Gasteiger partial charge in [0, 0.05) is 38.0 Å². The van der Waals surface area contributed by atoms with Crippen LogP contribution in [-0.2, 0) is 4.79 Å². The average molecular weight is 295 g/mol. The smallest absolute Gasteiger partial charge is 0.227 e. The Morgan fingerprint density at radius 1 is 1.14 bits per heavy atom. The quantitative estimate of drug-likeness (QED) is 0.803. The fourth-order valence-corrected chi connectivity index (χ4v) is 2.23. The van der Waals surface area contributed by atoms with E-state index in [0.717, 1.165) is 16.8 Å². The first-order valence-corrected chi connectivity index (χ1v) is 6.99. The topological polar surface area (TPSA) is 58.4 Å². The highest BCUT2D eigenvalue weighted by molar-refractivity contribution is 5.91. The van der Waals surface area contributed by atoms with Crippen molar-refractivity contribution in [1.29, 1.82) is 0 Å². The summed E-state index contributed by atoms with van der Waals surface area (Å²) in [7, 11) is 4.00. The molecule has 1 N–H and O–H groups in total. The maximum atomic E-state index is 11.1. The zero-order valence-electron chi connectivity index (χ0n) is 12.8. The minimum Gasteiger partial charge on any atom is -0.436 e. The van der Waals surface area contributed by atoms with E-state index in [1.165, 1.54) is 6.92 Å². The monoisotopic (exact) mass is 295 g/mol. The van der Waals surface area contributed by atoms with Gasteiger partial charge in [-0.1, -0.05) is 0 Å². The molecule has 0 aliphatic carbocycles. The number of fused-ring (bicyclic) bond motifs is 1. The number of benzene rings is 2. The van der Waals surface area contributed by atoms with Crippen LogP contribution in [-0.4, -0.2) is 25.0 Å². The normalized spacial score (nSPS) is 10.7. The van der Waals surface area contributed by atoms with Gasteiger partial charge in [-0.3, -0.25) is 4.79 Å².